The highest BCUT2D eigenvalue weighted by atomic mass is 16.5. The van der Waals surface area contributed by atoms with E-state index in [-0.39, 0.29) is 30.7 Å². The number of hydrogen-bond donors (Lipinski definition) is 5. The van der Waals surface area contributed by atoms with E-state index in [1.807, 2.05) is 38.1 Å². The van der Waals surface area contributed by atoms with Crippen molar-refractivity contribution in [3.8, 4) is 5.75 Å². The Kier molecular flexibility index (Phi) is 15.3. The average molecular weight is 549 g/mol. The van der Waals surface area contributed by atoms with Gasteiger partial charge in [0.05, 0.1) is 19.3 Å². The fourth-order valence-corrected chi connectivity index (χ4v) is 4.37. The zero-order chi connectivity index (χ0) is 28.5. The van der Waals surface area contributed by atoms with Gasteiger partial charge in [-0.15, -0.1) is 0 Å². The van der Waals surface area contributed by atoms with Crippen molar-refractivity contribution >= 4 is 17.9 Å². The van der Waals surface area contributed by atoms with Crippen LogP contribution in [0.2, 0.25) is 0 Å². The predicted octanol–water partition coefficient (Wildman–Crippen LogP) is 3.37. The van der Waals surface area contributed by atoms with Gasteiger partial charge in [-0.2, -0.15) is 0 Å². The Morgan fingerprint density at radius 2 is 1.72 bits per heavy atom. The van der Waals surface area contributed by atoms with Gasteiger partial charge in [-0.25, -0.2) is 9.59 Å². The van der Waals surface area contributed by atoms with Crippen LogP contribution in [0, 0.1) is 5.92 Å². The highest BCUT2D eigenvalue weighted by molar-refractivity contribution is 5.89. The molecular formula is C29H48N4O6. The summed E-state index contributed by atoms with van der Waals surface area (Å²) in [6.45, 7) is 6.15. The molecule has 3 atom stereocenters. The summed E-state index contributed by atoms with van der Waals surface area (Å²) in [6, 6.07) is 4.57. The summed E-state index contributed by atoms with van der Waals surface area (Å²) in [5.41, 5.74) is 6.34. The number of carbonyl (C=O) groups excluding carboxylic acids is 2. The van der Waals surface area contributed by atoms with Gasteiger partial charge in [-0.3, -0.25) is 4.79 Å². The molecule has 0 spiro atoms. The van der Waals surface area contributed by atoms with Crippen molar-refractivity contribution in [2.75, 3.05) is 26.4 Å². The largest absolute Gasteiger partial charge is 0.494 e. The normalized spacial score (nSPS) is 20.9. The molecule has 1 unspecified atom stereocenters. The lowest BCUT2D eigenvalue weighted by Gasteiger charge is -2.26. The molecule has 2 aliphatic heterocycles. The maximum atomic E-state index is 13.4. The fourth-order valence-electron chi connectivity index (χ4n) is 4.37. The molecule has 0 radical (unpaired) electrons. The SMILES string of the molecule is CC(C)[C@H]1COCCCCCCCCOc2ccc(cc2)C[C@@H](NC(=O)NC(CCCCN)C(=O)O)C(=O)N1. The van der Waals surface area contributed by atoms with Crippen LogP contribution >= 0.6 is 0 Å². The van der Waals surface area contributed by atoms with Crippen molar-refractivity contribution in [2.24, 2.45) is 11.7 Å². The van der Waals surface area contributed by atoms with Gasteiger partial charge in [0.1, 0.15) is 17.8 Å². The molecule has 3 rings (SSSR count). The van der Waals surface area contributed by atoms with Gasteiger partial charge in [0, 0.05) is 13.0 Å². The Bertz CT molecular complexity index is 864. The topological polar surface area (TPSA) is 152 Å². The smallest absolute Gasteiger partial charge is 0.326 e. The van der Waals surface area contributed by atoms with Crippen LogP contribution < -0.4 is 26.4 Å². The van der Waals surface area contributed by atoms with E-state index in [1.165, 1.54) is 6.42 Å². The second kappa shape index (κ2) is 18.4. The molecule has 6 N–H and O–H groups in total. The Balaban J connectivity index is 2.16. The first-order valence-electron chi connectivity index (χ1n) is 14.4. The third kappa shape index (κ3) is 13.2. The molecule has 0 saturated carbocycles. The predicted molar refractivity (Wildman–Crippen MR) is 151 cm³/mol. The molecule has 1 aromatic carbocycles. The van der Waals surface area contributed by atoms with Crippen molar-refractivity contribution in [3.63, 3.8) is 0 Å². The molecule has 3 amide bonds. The highest BCUT2D eigenvalue weighted by Gasteiger charge is 2.27. The molecule has 220 valence electrons. The first-order chi connectivity index (χ1) is 18.8. The summed E-state index contributed by atoms with van der Waals surface area (Å²) in [4.78, 5) is 37.9. The van der Waals surface area contributed by atoms with E-state index >= 15 is 0 Å². The number of carboxylic acids is 1. The Morgan fingerprint density at radius 3 is 2.36 bits per heavy atom. The van der Waals surface area contributed by atoms with Gasteiger partial charge < -0.3 is 36.3 Å². The number of nitrogens with two attached hydrogens (primary N) is 1. The monoisotopic (exact) mass is 548 g/mol. The zero-order valence-electron chi connectivity index (χ0n) is 23.6. The molecule has 39 heavy (non-hydrogen) atoms. The number of rotatable bonds is 8. The summed E-state index contributed by atoms with van der Waals surface area (Å²) >= 11 is 0. The number of amides is 3. The number of unbranched alkanes of at least 4 members (excludes halogenated alkanes) is 1. The first-order valence-corrected chi connectivity index (χ1v) is 14.4. The highest BCUT2D eigenvalue weighted by Crippen LogP contribution is 2.16. The van der Waals surface area contributed by atoms with E-state index in [1.54, 1.807) is 0 Å². The Hall–Kier alpha value is -2.85. The zero-order valence-corrected chi connectivity index (χ0v) is 23.6. The summed E-state index contributed by atoms with van der Waals surface area (Å²) in [6.07, 6.45) is 8.26. The van der Waals surface area contributed by atoms with Crippen LogP contribution in [0.4, 0.5) is 4.79 Å². The van der Waals surface area contributed by atoms with Crippen molar-refractivity contribution in [2.45, 2.75) is 96.2 Å². The van der Waals surface area contributed by atoms with Crippen molar-refractivity contribution < 1.29 is 29.0 Å². The molecular weight excluding hydrogens is 500 g/mol. The maximum Gasteiger partial charge on any atom is 0.326 e. The van der Waals surface area contributed by atoms with Crippen LogP contribution in [-0.2, 0) is 20.7 Å². The molecule has 0 aliphatic carbocycles. The molecule has 0 fully saturated rings. The lowest BCUT2D eigenvalue weighted by atomic mass is 10.0. The molecule has 2 heterocycles. The van der Waals surface area contributed by atoms with Gasteiger partial charge in [0.15, 0.2) is 0 Å². The van der Waals surface area contributed by atoms with Crippen molar-refractivity contribution in [1.29, 1.82) is 0 Å². The van der Waals surface area contributed by atoms with E-state index in [0.717, 1.165) is 43.4 Å². The van der Waals surface area contributed by atoms with Gasteiger partial charge in [0.2, 0.25) is 5.91 Å². The number of benzene rings is 1. The Labute approximate surface area is 232 Å². The quantitative estimate of drug-likeness (QED) is 0.312. The number of nitrogens with one attached hydrogen (secondary N) is 3. The van der Waals surface area contributed by atoms with E-state index in [2.05, 4.69) is 16.0 Å². The summed E-state index contributed by atoms with van der Waals surface area (Å²) in [5, 5.41) is 17.8. The van der Waals surface area contributed by atoms with Crippen LogP contribution in [0.3, 0.4) is 0 Å². The van der Waals surface area contributed by atoms with Gasteiger partial charge in [-0.05, 0) is 62.3 Å². The van der Waals surface area contributed by atoms with E-state index < -0.39 is 24.1 Å². The molecule has 2 bridgehead atoms. The van der Waals surface area contributed by atoms with E-state index in [9.17, 15) is 19.5 Å². The summed E-state index contributed by atoms with van der Waals surface area (Å²) in [7, 11) is 0. The van der Waals surface area contributed by atoms with Gasteiger partial charge >= 0.3 is 12.0 Å². The number of carbonyl (C=O) groups is 3. The number of aliphatic carboxylic acids is 1. The number of urea groups is 1. The molecule has 0 saturated heterocycles. The minimum atomic E-state index is -1.13. The molecule has 10 nitrogen and oxygen atoms in total. The number of hydrogen-bond acceptors (Lipinski definition) is 6. The minimum absolute atomic E-state index is 0.122. The van der Waals surface area contributed by atoms with Gasteiger partial charge in [0.25, 0.3) is 0 Å². The lowest BCUT2D eigenvalue weighted by molar-refractivity contribution is -0.139. The molecule has 1 aromatic rings. The van der Waals surface area contributed by atoms with Crippen LogP contribution in [0.5, 0.6) is 5.75 Å². The Morgan fingerprint density at radius 1 is 1.05 bits per heavy atom. The van der Waals surface area contributed by atoms with Crippen LogP contribution in [0.1, 0.15) is 77.2 Å². The van der Waals surface area contributed by atoms with E-state index in [0.29, 0.717) is 39.2 Å². The average Bonchev–Trinajstić information content (AvgIpc) is 2.90. The maximum absolute atomic E-state index is 13.4. The second-order valence-electron chi connectivity index (χ2n) is 10.6. The number of carboxylic acid groups (broad SMARTS) is 1. The number of ether oxygens (including phenoxy) is 2. The van der Waals surface area contributed by atoms with Gasteiger partial charge in [-0.1, -0.05) is 51.7 Å². The third-order valence-corrected chi connectivity index (χ3v) is 6.92. The van der Waals surface area contributed by atoms with Crippen molar-refractivity contribution in [3.05, 3.63) is 29.8 Å². The van der Waals surface area contributed by atoms with Crippen molar-refractivity contribution in [1.82, 2.24) is 16.0 Å². The number of fused-ring (bicyclic) bond motifs is 17. The molecule has 2 aliphatic rings. The molecule has 10 heteroatoms. The summed E-state index contributed by atoms with van der Waals surface area (Å²) in [5.74, 6) is -0.594. The van der Waals surface area contributed by atoms with Crippen LogP contribution in [-0.4, -0.2) is 67.5 Å². The standard InChI is InChI=1S/C29H48N4O6/c1-21(2)26-20-38-17-9-5-3-4-6-10-18-39-23-14-12-22(13-15-23)19-25(27(34)31-26)33-29(37)32-24(28(35)36)11-7-8-16-30/h12-15,21,24-26H,3-11,16-20,30H2,1-2H3,(H,31,34)(H,35,36)(H2,32,33,37)/t24?,25-,26-/m1/s1. The second-order valence-corrected chi connectivity index (χ2v) is 10.6. The summed E-state index contributed by atoms with van der Waals surface area (Å²) < 4.78 is 11.7. The van der Waals surface area contributed by atoms with Crippen LogP contribution in [0.25, 0.3) is 0 Å². The van der Waals surface area contributed by atoms with Crippen LogP contribution in [0.15, 0.2) is 24.3 Å². The fraction of sp³-hybridized carbons (Fsp3) is 0.690. The minimum Gasteiger partial charge on any atom is -0.494 e. The van der Waals surface area contributed by atoms with E-state index in [4.69, 9.17) is 15.2 Å². The molecule has 0 aromatic heterocycles. The lowest BCUT2D eigenvalue weighted by Crippen LogP contribution is -2.56. The first kappa shape index (κ1) is 32.4. The third-order valence-electron chi connectivity index (χ3n) is 6.92.